The second kappa shape index (κ2) is 44.2. The molecule has 12 aliphatic rings. The van der Waals surface area contributed by atoms with Crippen LogP contribution in [0.4, 0.5) is 63.7 Å². The van der Waals surface area contributed by atoms with Gasteiger partial charge in [0, 0.05) is 236 Å². The van der Waals surface area contributed by atoms with E-state index in [9.17, 15) is 53.7 Å². The fraction of sp³-hybridized carbons (Fsp3) is 0.370. The van der Waals surface area contributed by atoms with Crippen molar-refractivity contribution in [1.29, 1.82) is 0 Å². The van der Waals surface area contributed by atoms with Crippen LogP contribution in [0.1, 0.15) is 183 Å². The van der Waals surface area contributed by atoms with Gasteiger partial charge in [0.2, 0.25) is 0 Å². The van der Waals surface area contributed by atoms with Crippen LogP contribution >= 0.6 is 31.9 Å². The highest BCUT2D eigenvalue weighted by Crippen LogP contribution is 2.44. The first-order chi connectivity index (χ1) is 69.3. The summed E-state index contributed by atoms with van der Waals surface area (Å²) in [5.74, 6) is 3.80. The minimum atomic E-state index is -0.676. The normalized spacial score (nSPS) is 18.8. The number of carbonyl (C=O) groups excluding carboxylic acids is 8. The number of primary amides is 6. The third-order valence-corrected chi connectivity index (χ3v) is 27.9. The maximum atomic E-state index is 12.3. The van der Waals surface area contributed by atoms with E-state index in [1.54, 1.807) is 99.1 Å². The molecule has 1 saturated heterocycles. The SMILES string of the molecule is CC1(C)OB(c2cnc3c(c2)CCCN3C(N)=O)OC1(C)C.NC(=O)N1CCCc2cc(-c3cncc4c3C(=O)COC4)cnc21.NC(=O)N1CCCc2cc(-c3cncc4c3C(O)COC4)cnc21.NC(=O)N1CCCc2cc(-c3cncc4c3C(O)COC4)cnc21.NC(=O)N1CCCc2cc(-c3cncc4c3C(O)COC4)cnc21.NC(=O)N1CCCc2cc(Br)cnc21.O=C1COCc2cncc(Br)c21. The maximum Gasteiger partial charge on any atom is 0.496 e. The molecule has 11 aromatic rings. The second-order valence-electron chi connectivity index (χ2n) is 36.9. The molecule has 0 spiro atoms. The fourth-order valence-electron chi connectivity index (χ4n) is 19.3. The Labute approximate surface area is 845 Å². The van der Waals surface area contributed by atoms with Gasteiger partial charge in [-0.05, 0) is 217 Å². The molecule has 0 aromatic carbocycles. The third-order valence-electron chi connectivity index (χ3n) is 26.9. The van der Waals surface area contributed by atoms with E-state index >= 15 is 0 Å². The van der Waals surface area contributed by atoms with Gasteiger partial charge < -0.3 is 82.7 Å². The van der Waals surface area contributed by atoms with Crippen LogP contribution in [0.25, 0.3) is 44.5 Å². The summed E-state index contributed by atoms with van der Waals surface area (Å²) in [7, 11) is -0.438. The molecule has 0 aliphatic carbocycles. The van der Waals surface area contributed by atoms with Crippen LogP contribution < -0.4 is 69.3 Å². The summed E-state index contributed by atoms with van der Waals surface area (Å²) in [6.45, 7) is 15.0. The summed E-state index contributed by atoms with van der Waals surface area (Å²) in [6, 6.07) is 9.16. The van der Waals surface area contributed by atoms with Gasteiger partial charge in [0.25, 0.3) is 0 Å². The van der Waals surface area contributed by atoms with Crippen molar-refractivity contribution >= 4 is 127 Å². The molecule has 44 heteroatoms. The van der Waals surface area contributed by atoms with Gasteiger partial charge in [-0.3, -0.25) is 63.9 Å². The quantitative estimate of drug-likeness (QED) is 0.0723. The van der Waals surface area contributed by atoms with E-state index < -0.39 is 61.6 Å². The van der Waals surface area contributed by atoms with Crippen LogP contribution in [0, 0.1) is 0 Å². The molecule has 41 nitrogen and oxygen atoms in total. The van der Waals surface area contributed by atoms with Crippen molar-refractivity contribution in [2.24, 2.45) is 34.4 Å². The van der Waals surface area contributed by atoms with E-state index in [4.69, 9.17) is 67.4 Å². The molecule has 3 atom stereocenters. The molecule has 12 aliphatic heterocycles. The first-order valence-electron chi connectivity index (χ1n) is 47.1. The highest BCUT2D eigenvalue weighted by atomic mass is 79.9. The standard InChI is InChI=1S/3C17H18N4O3.C17H16N4O3.C15H22BN3O3.C9H10BrN3O.C8H6BrNO2/c4*18-17(23)21-3-1-2-10-4-11(6-20-16(10)21)13-7-19-5-12-8-24-9-14(22)15(12)13;1-14(2)15(3,4)22-16(21-14)11-8-10-6-5-7-19(13(17)20)12(10)18-9-11;10-7-4-6-2-1-3-13(9(11)14)8(6)12-5-7;9-6-2-10-1-5-3-12-4-7(11)8(5)6/h3*4-7,14,22H,1-3,8-9H2,(H2,18,23);4-7H,1-3,8-9H2,(H2,18,23);8-9H,5-7H2,1-4H3,(H2,17,20);4-5H,1-3H2,(H2,11,14);1-2H,3-4H2. The van der Waals surface area contributed by atoms with Crippen LogP contribution in [-0.4, -0.2) is 209 Å². The number of carbonyl (C=O) groups is 8. The van der Waals surface area contributed by atoms with Crippen molar-refractivity contribution in [1.82, 2.24) is 54.8 Å². The number of aromatic nitrogens is 11. The second-order valence-corrected chi connectivity index (χ2v) is 38.7. The topological polar surface area (TPSA) is 579 Å². The number of nitrogens with two attached hydrogens (primary N) is 6. The van der Waals surface area contributed by atoms with Crippen molar-refractivity contribution < 1.29 is 86.7 Å². The number of rotatable bonds is 5. The third kappa shape index (κ3) is 22.0. The Balaban J connectivity index is 0.000000116. The average Bonchev–Trinajstić information content (AvgIpc) is 1.61. The zero-order valence-corrected chi connectivity index (χ0v) is 82.8. The van der Waals surface area contributed by atoms with Gasteiger partial charge in [0.05, 0.1) is 64.1 Å². The van der Waals surface area contributed by atoms with Crippen LogP contribution in [-0.2, 0) is 105 Å². The lowest BCUT2D eigenvalue weighted by molar-refractivity contribution is 0.00578. The summed E-state index contributed by atoms with van der Waals surface area (Å²) >= 11 is 6.63. The number of anilines is 6. The van der Waals surface area contributed by atoms with E-state index in [1.165, 1.54) is 29.4 Å². The zero-order valence-electron chi connectivity index (χ0n) is 79.6. The maximum absolute atomic E-state index is 12.3. The number of aryl methyl sites for hydroxylation is 6. The van der Waals surface area contributed by atoms with Gasteiger partial charge in [0.15, 0.2) is 11.6 Å². The number of urea groups is 6. The van der Waals surface area contributed by atoms with E-state index in [1.807, 2.05) is 64.1 Å². The molecule has 23 rings (SSSR count). The predicted octanol–water partition coefficient (Wildman–Crippen LogP) is 10.7. The van der Waals surface area contributed by atoms with Gasteiger partial charge in [-0.15, -0.1) is 0 Å². The van der Waals surface area contributed by atoms with Crippen LogP contribution in [0.2, 0.25) is 0 Å². The van der Waals surface area contributed by atoms with Gasteiger partial charge >= 0.3 is 43.3 Å². The summed E-state index contributed by atoms with van der Waals surface area (Å²) in [5.41, 5.74) is 53.5. The molecule has 144 heavy (non-hydrogen) atoms. The van der Waals surface area contributed by atoms with Crippen LogP contribution in [0.15, 0.2) is 144 Å². The number of ether oxygens (including phenoxy) is 5. The van der Waals surface area contributed by atoms with Crippen molar-refractivity contribution in [3.63, 3.8) is 0 Å². The molecular formula is C100H108BBr2N23O18. The molecule has 23 heterocycles. The van der Waals surface area contributed by atoms with E-state index in [0.29, 0.717) is 113 Å². The number of aliphatic hydroxyl groups is 3. The first kappa shape index (κ1) is 102. The minimum Gasteiger partial charge on any atom is -0.399 e. The number of Topliss-reactive ketones (excluding diaryl/α,β-unsaturated/α-hetero) is 2. The molecule has 15 N–H and O–H groups in total. The van der Waals surface area contributed by atoms with E-state index in [0.717, 1.165) is 219 Å². The van der Waals surface area contributed by atoms with Gasteiger partial charge in [0.1, 0.15) is 66.4 Å². The molecule has 12 amide bonds. The average molecular weight is 2090 g/mol. The highest BCUT2D eigenvalue weighted by molar-refractivity contribution is 9.10. The lowest BCUT2D eigenvalue weighted by Crippen LogP contribution is -2.41. The molecule has 11 aromatic heterocycles. The number of fused-ring (bicyclic) bond motifs is 11. The summed E-state index contributed by atoms with van der Waals surface area (Å²) in [6.07, 6.45) is 35.6. The molecule has 3 unspecified atom stereocenters. The fourth-order valence-corrected chi connectivity index (χ4v) is 20.3. The van der Waals surface area contributed by atoms with Crippen molar-refractivity contribution in [3.8, 4) is 44.5 Å². The number of pyridine rings is 11. The van der Waals surface area contributed by atoms with E-state index in [2.05, 4.69) is 86.7 Å². The van der Waals surface area contributed by atoms with Crippen molar-refractivity contribution in [2.75, 3.05) is 102 Å². The van der Waals surface area contributed by atoms with Crippen molar-refractivity contribution in [3.05, 3.63) is 234 Å². The minimum absolute atomic E-state index is 0.0190. The Hall–Kier alpha value is -13.8. The summed E-state index contributed by atoms with van der Waals surface area (Å²) < 4.78 is 40.2. The Kier molecular flexibility index (Phi) is 31.2. The molecule has 0 saturated carbocycles. The molecule has 0 bridgehead atoms. The Morgan fingerprint density at radius 1 is 0.326 bits per heavy atom. The zero-order chi connectivity index (χ0) is 102. The monoisotopic (exact) mass is 2090 g/mol. The smallest absolute Gasteiger partial charge is 0.399 e. The number of nitrogens with zero attached hydrogens (tertiary/aromatic N) is 17. The number of ketones is 2. The molecule has 0 radical (unpaired) electrons. The Morgan fingerprint density at radius 2 is 0.597 bits per heavy atom. The lowest BCUT2D eigenvalue weighted by Gasteiger charge is -2.32. The van der Waals surface area contributed by atoms with Crippen molar-refractivity contribution in [2.45, 2.75) is 167 Å². The Morgan fingerprint density at radius 3 is 0.931 bits per heavy atom. The largest absolute Gasteiger partial charge is 0.496 e. The number of hydrogen-bond donors (Lipinski definition) is 9. The number of hydrogen-bond acceptors (Lipinski definition) is 29. The van der Waals surface area contributed by atoms with E-state index in [-0.39, 0.29) is 55.8 Å². The highest BCUT2D eigenvalue weighted by Gasteiger charge is 2.52. The van der Waals surface area contributed by atoms with Gasteiger partial charge in [-0.1, -0.05) is 6.07 Å². The summed E-state index contributed by atoms with van der Waals surface area (Å²) in [4.78, 5) is 149. The Bertz CT molecular complexity index is 6470. The van der Waals surface area contributed by atoms with Gasteiger partial charge in [-0.2, -0.15) is 0 Å². The van der Waals surface area contributed by atoms with Gasteiger partial charge in [-0.25, -0.2) is 58.7 Å². The van der Waals surface area contributed by atoms with Crippen LogP contribution in [0.3, 0.4) is 0 Å². The lowest BCUT2D eigenvalue weighted by atomic mass is 9.79. The van der Waals surface area contributed by atoms with Crippen LogP contribution in [0.5, 0.6) is 0 Å². The molecular weight excluding hydrogens is 1980 g/mol. The number of aliphatic hydroxyl groups excluding tert-OH is 3. The number of halogens is 2. The molecule has 1 fully saturated rings. The molecule has 748 valence electrons. The first-order valence-corrected chi connectivity index (χ1v) is 48.7. The predicted molar refractivity (Wildman–Crippen MR) is 537 cm³/mol. The summed E-state index contributed by atoms with van der Waals surface area (Å²) in [5, 5.41) is 30.9. The number of amides is 12.